The molecule has 1 aromatic carbocycles. The highest BCUT2D eigenvalue weighted by atomic mass is 35.5. The van der Waals surface area contributed by atoms with Crippen molar-refractivity contribution < 1.29 is 13.9 Å². The molecule has 3 nitrogen and oxygen atoms in total. The number of carbonyl (C=O) groups excluding carboxylic acids is 1. The lowest BCUT2D eigenvalue weighted by Crippen LogP contribution is -2.33. The fraction of sp³-hybridized carbons (Fsp3) is 0.462. The van der Waals surface area contributed by atoms with E-state index in [1.54, 1.807) is 7.11 Å². The van der Waals surface area contributed by atoms with Crippen LogP contribution in [0, 0.1) is 5.82 Å². The predicted octanol–water partition coefficient (Wildman–Crippen LogP) is 2.78. The molecule has 0 aliphatic heterocycles. The van der Waals surface area contributed by atoms with Crippen LogP contribution in [-0.4, -0.2) is 25.2 Å². The second kappa shape index (κ2) is 5.67. The molecule has 1 aromatic rings. The van der Waals surface area contributed by atoms with Crippen molar-refractivity contribution in [2.24, 2.45) is 0 Å². The van der Waals surface area contributed by atoms with Crippen molar-refractivity contribution in [2.45, 2.75) is 31.4 Å². The lowest BCUT2D eigenvalue weighted by molar-refractivity contribution is 0.0911. The first-order valence-electron chi connectivity index (χ1n) is 5.89. The number of ether oxygens (including phenoxy) is 1. The van der Waals surface area contributed by atoms with Gasteiger partial charge in [-0.3, -0.25) is 4.79 Å². The van der Waals surface area contributed by atoms with Gasteiger partial charge < -0.3 is 10.1 Å². The first kappa shape index (κ1) is 13.3. The maximum absolute atomic E-state index is 13.5. The number of methoxy groups -OCH3 is 1. The third-order valence-electron chi connectivity index (χ3n) is 3.23. The zero-order chi connectivity index (χ0) is 13.1. The quantitative estimate of drug-likeness (QED) is 0.918. The highest BCUT2D eigenvalue weighted by Crippen LogP contribution is 2.22. The minimum atomic E-state index is -0.557. The standard InChI is InChI=1S/C13H15ClFNO2/c1-18-10-4-3-9(7-10)16-13(17)11-6-8(14)2-5-12(11)15/h2,5-6,9-10H,3-4,7H2,1H3,(H,16,17). The van der Waals surface area contributed by atoms with Crippen LogP contribution in [0.4, 0.5) is 4.39 Å². The molecule has 1 aliphatic carbocycles. The van der Waals surface area contributed by atoms with E-state index in [2.05, 4.69) is 5.32 Å². The number of hydrogen-bond donors (Lipinski definition) is 1. The van der Waals surface area contributed by atoms with Crippen molar-refractivity contribution in [3.8, 4) is 0 Å². The fourth-order valence-electron chi connectivity index (χ4n) is 2.22. The molecule has 1 N–H and O–H groups in total. The lowest BCUT2D eigenvalue weighted by Gasteiger charge is -2.13. The molecule has 2 rings (SSSR count). The van der Waals surface area contributed by atoms with Crippen LogP contribution in [0.2, 0.25) is 5.02 Å². The monoisotopic (exact) mass is 271 g/mol. The number of halogens is 2. The Morgan fingerprint density at radius 2 is 2.28 bits per heavy atom. The van der Waals surface area contributed by atoms with Gasteiger partial charge in [0.05, 0.1) is 11.7 Å². The van der Waals surface area contributed by atoms with E-state index in [0.29, 0.717) is 5.02 Å². The molecule has 1 aliphatic rings. The van der Waals surface area contributed by atoms with Gasteiger partial charge in [-0.1, -0.05) is 11.6 Å². The van der Waals surface area contributed by atoms with Crippen LogP contribution in [0.1, 0.15) is 29.6 Å². The molecule has 1 saturated carbocycles. The van der Waals surface area contributed by atoms with Crippen molar-refractivity contribution in [2.75, 3.05) is 7.11 Å². The van der Waals surface area contributed by atoms with E-state index in [9.17, 15) is 9.18 Å². The first-order chi connectivity index (χ1) is 8.60. The van der Waals surface area contributed by atoms with Crippen LogP contribution < -0.4 is 5.32 Å². The Labute approximate surface area is 110 Å². The summed E-state index contributed by atoms with van der Waals surface area (Å²) in [7, 11) is 1.66. The summed E-state index contributed by atoms with van der Waals surface area (Å²) in [4.78, 5) is 11.9. The van der Waals surface area contributed by atoms with E-state index in [1.165, 1.54) is 18.2 Å². The third-order valence-corrected chi connectivity index (χ3v) is 3.46. The van der Waals surface area contributed by atoms with E-state index >= 15 is 0 Å². The Hall–Kier alpha value is -1.13. The molecule has 0 spiro atoms. The van der Waals surface area contributed by atoms with Gasteiger partial charge in [-0.25, -0.2) is 4.39 Å². The topological polar surface area (TPSA) is 38.3 Å². The van der Waals surface area contributed by atoms with Gasteiger partial charge in [0, 0.05) is 18.2 Å². The van der Waals surface area contributed by atoms with Crippen LogP contribution in [0.25, 0.3) is 0 Å². The number of benzene rings is 1. The zero-order valence-corrected chi connectivity index (χ0v) is 10.8. The smallest absolute Gasteiger partial charge is 0.254 e. The molecule has 1 fully saturated rings. The average molecular weight is 272 g/mol. The summed E-state index contributed by atoms with van der Waals surface area (Å²) < 4.78 is 18.7. The van der Waals surface area contributed by atoms with Crippen LogP contribution >= 0.6 is 11.6 Å². The molecule has 0 heterocycles. The maximum atomic E-state index is 13.5. The average Bonchev–Trinajstić information content (AvgIpc) is 2.80. The molecule has 18 heavy (non-hydrogen) atoms. The summed E-state index contributed by atoms with van der Waals surface area (Å²) in [6, 6.07) is 4.00. The summed E-state index contributed by atoms with van der Waals surface area (Å²) in [6.07, 6.45) is 2.72. The van der Waals surface area contributed by atoms with Crippen LogP contribution in [0.15, 0.2) is 18.2 Å². The molecule has 98 valence electrons. The van der Waals surface area contributed by atoms with Crippen molar-refractivity contribution in [1.82, 2.24) is 5.32 Å². The normalized spacial score (nSPS) is 23.1. The SMILES string of the molecule is COC1CCC(NC(=O)c2cc(Cl)ccc2F)C1. The molecule has 5 heteroatoms. The molecule has 2 unspecified atom stereocenters. The highest BCUT2D eigenvalue weighted by molar-refractivity contribution is 6.31. The van der Waals surface area contributed by atoms with Gasteiger partial charge in [0.1, 0.15) is 5.82 Å². The molecule has 0 bridgehead atoms. The van der Waals surface area contributed by atoms with Crippen LogP contribution in [0.5, 0.6) is 0 Å². The van der Waals surface area contributed by atoms with E-state index < -0.39 is 11.7 Å². The Balaban J connectivity index is 2.02. The van der Waals surface area contributed by atoms with Gasteiger partial charge in [-0.2, -0.15) is 0 Å². The van der Waals surface area contributed by atoms with Crippen molar-refractivity contribution in [1.29, 1.82) is 0 Å². The van der Waals surface area contributed by atoms with Gasteiger partial charge in [-0.05, 0) is 37.5 Å². The van der Waals surface area contributed by atoms with E-state index in [1.807, 2.05) is 0 Å². The van der Waals surface area contributed by atoms with Crippen molar-refractivity contribution in [3.63, 3.8) is 0 Å². The first-order valence-corrected chi connectivity index (χ1v) is 6.26. The van der Waals surface area contributed by atoms with Gasteiger partial charge in [-0.15, -0.1) is 0 Å². The third kappa shape index (κ3) is 3.00. The number of amides is 1. The molecule has 1 amide bonds. The van der Waals surface area contributed by atoms with Crippen LogP contribution in [-0.2, 0) is 4.74 Å². The summed E-state index contributed by atoms with van der Waals surface area (Å²) >= 11 is 5.76. The number of nitrogens with one attached hydrogen (secondary N) is 1. The molecular weight excluding hydrogens is 257 g/mol. The Morgan fingerprint density at radius 3 is 2.94 bits per heavy atom. The summed E-state index contributed by atoms with van der Waals surface area (Å²) in [5.41, 5.74) is -0.0108. The molecular formula is C13H15ClFNO2. The number of hydrogen-bond acceptors (Lipinski definition) is 2. The van der Waals surface area contributed by atoms with E-state index in [0.717, 1.165) is 19.3 Å². The van der Waals surface area contributed by atoms with E-state index in [-0.39, 0.29) is 17.7 Å². The van der Waals surface area contributed by atoms with Crippen molar-refractivity contribution >= 4 is 17.5 Å². The predicted molar refractivity (Wildman–Crippen MR) is 67.3 cm³/mol. The van der Waals surface area contributed by atoms with E-state index in [4.69, 9.17) is 16.3 Å². The van der Waals surface area contributed by atoms with Crippen molar-refractivity contribution in [3.05, 3.63) is 34.6 Å². The zero-order valence-electron chi connectivity index (χ0n) is 10.1. The summed E-state index contributed by atoms with van der Waals surface area (Å²) in [6.45, 7) is 0. The second-order valence-electron chi connectivity index (χ2n) is 4.47. The van der Waals surface area contributed by atoms with Gasteiger partial charge in [0.25, 0.3) is 5.91 Å². The minimum Gasteiger partial charge on any atom is -0.381 e. The largest absolute Gasteiger partial charge is 0.381 e. The van der Waals surface area contributed by atoms with Gasteiger partial charge in [0.2, 0.25) is 0 Å². The Kier molecular flexibility index (Phi) is 4.19. The highest BCUT2D eigenvalue weighted by Gasteiger charge is 2.26. The Morgan fingerprint density at radius 1 is 1.50 bits per heavy atom. The molecule has 0 saturated heterocycles. The number of rotatable bonds is 3. The van der Waals surface area contributed by atoms with Gasteiger partial charge in [0.15, 0.2) is 0 Å². The summed E-state index contributed by atoms with van der Waals surface area (Å²) in [5, 5.41) is 3.16. The lowest BCUT2D eigenvalue weighted by atomic mass is 10.1. The molecule has 2 atom stereocenters. The van der Waals surface area contributed by atoms with Gasteiger partial charge >= 0.3 is 0 Å². The maximum Gasteiger partial charge on any atom is 0.254 e. The Bertz CT molecular complexity index is 453. The fourth-order valence-corrected chi connectivity index (χ4v) is 2.39. The number of carbonyl (C=O) groups is 1. The minimum absolute atomic E-state index is 0.0108. The molecule has 0 aromatic heterocycles. The molecule has 0 radical (unpaired) electrons. The van der Waals surface area contributed by atoms with Crippen LogP contribution in [0.3, 0.4) is 0 Å². The second-order valence-corrected chi connectivity index (χ2v) is 4.90. The summed E-state index contributed by atoms with van der Waals surface area (Å²) in [5.74, 6) is -0.977.